The highest BCUT2D eigenvalue weighted by molar-refractivity contribution is 8.06. The van der Waals surface area contributed by atoms with E-state index in [0.717, 1.165) is 50.1 Å². The molecular weight excluding hydrogens is 560 g/mol. The molecule has 0 aromatic carbocycles. The Kier molecular flexibility index (Phi) is 10.7. The lowest BCUT2D eigenvalue weighted by molar-refractivity contribution is -0.154. The molecule has 10 heteroatoms. The lowest BCUT2D eigenvalue weighted by Gasteiger charge is -2.32. The summed E-state index contributed by atoms with van der Waals surface area (Å²) in [4.78, 5) is 22.7. The fourth-order valence-electron chi connectivity index (χ4n) is 6.48. The van der Waals surface area contributed by atoms with E-state index in [1.807, 2.05) is 11.8 Å². The van der Waals surface area contributed by atoms with Crippen molar-refractivity contribution in [1.82, 2.24) is 0 Å². The summed E-state index contributed by atoms with van der Waals surface area (Å²) in [5.74, 6) is 2.31. The third-order valence-electron chi connectivity index (χ3n) is 9.50. The van der Waals surface area contributed by atoms with E-state index >= 15 is 0 Å². The SMILES string of the molecule is C1CC2OC2CC1C1CO1.C=C(C)C(=O)OC1CCC(C2CO2)CC1O.C=C(C)C(=O)OC1CCC(C2CS2)CC1O. The molecule has 0 radical (unpaired) electrons. The molecule has 0 spiro atoms. The van der Waals surface area contributed by atoms with Crippen molar-refractivity contribution >= 4 is 23.7 Å². The Morgan fingerprint density at radius 3 is 1.57 bits per heavy atom. The molecule has 42 heavy (non-hydrogen) atoms. The monoisotopic (exact) mass is 608 g/mol. The van der Waals surface area contributed by atoms with Crippen LogP contribution < -0.4 is 0 Å². The maximum atomic E-state index is 11.3. The van der Waals surface area contributed by atoms with Crippen LogP contribution in [0, 0.1) is 17.8 Å². The van der Waals surface area contributed by atoms with Gasteiger partial charge in [0, 0.05) is 22.1 Å². The highest BCUT2D eigenvalue weighted by Crippen LogP contribution is 2.44. The molecule has 2 N–H and O–H groups in total. The van der Waals surface area contributed by atoms with Crippen molar-refractivity contribution < 1.29 is 43.5 Å². The van der Waals surface area contributed by atoms with E-state index in [-0.39, 0.29) is 18.2 Å². The number of carbonyl (C=O) groups excluding carboxylic acids is 2. The smallest absolute Gasteiger partial charge is 0.333 e. The van der Waals surface area contributed by atoms with Crippen LogP contribution in [0.3, 0.4) is 0 Å². The minimum atomic E-state index is -0.564. The third-order valence-corrected chi connectivity index (χ3v) is 10.6. The molecule has 4 saturated heterocycles. The second-order valence-corrected chi connectivity index (χ2v) is 14.4. The second-order valence-electron chi connectivity index (χ2n) is 13.1. The zero-order valence-corrected chi connectivity index (χ0v) is 25.8. The number of ether oxygens (including phenoxy) is 5. The van der Waals surface area contributed by atoms with Crippen molar-refractivity contribution in [2.24, 2.45) is 17.8 Å². The van der Waals surface area contributed by atoms with Gasteiger partial charge < -0.3 is 33.9 Å². The molecular formula is C32H48O9S. The summed E-state index contributed by atoms with van der Waals surface area (Å²) in [5.41, 5.74) is 0.770. The number of rotatable bonds is 7. The van der Waals surface area contributed by atoms with Crippen molar-refractivity contribution in [3.05, 3.63) is 24.3 Å². The molecule has 0 aromatic heterocycles. The maximum absolute atomic E-state index is 11.3. The molecule has 0 aromatic rings. The first-order valence-electron chi connectivity index (χ1n) is 15.7. The lowest BCUT2D eigenvalue weighted by Crippen LogP contribution is -2.38. The molecule has 12 unspecified atom stereocenters. The fourth-order valence-corrected chi connectivity index (χ4v) is 7.39. The first-order chi connectivity index (χ1) is 20.1. The summed E-state index contributed by atoms with van der Waals surface area (Å²) in [6, 6.07) is 0. The van der Waals surface area contributed by atoms with E-state index in [1.165, 1.54) is 25.0 Å². The van der Waals surface area contributed by atoms with Crippen LogP contribution in [0.1, 0.15) is 71.6 Å². The number of esters is 2. The standard InChI is InChI=1S/C12H18O4.C12H18O3S.C8H12O2/c1-7(2)12(14)16-10-4-3-8(5-9(10)13)11-6-15-11;1-7(2)12(14)15-10-4-3-8(5-9(10)13)11-6-16-11;1-2-6-7(10-6)3-5(1)8-4-9-8/h2*8-11,13H,1,3-6H2,2H3;5-8H,1-4H2. The van der Waals surface area contributed by atoms with Crippen molar-refractivity contribution in [2.45, 2.75) is 126 Å². The van der Waals surface area contributed by atoms with Crippen molar-refractivity contribution in [2.75, 3.05) is 19.0 Å². The van der Waals surface area contributed by atoms with E-state index in [0.29, 0.717) is 60.2 Å². The minimum absolute atomic E-state index is 0.326. The number of hydrogen-bond acceptors (Lipinski definition) is 10. The van der Waals surface area contributed by atoms with Crippen molar-refractivity contribution in [1.29, 1.82) is 0 Å². The Morgan fingerprint density at radius 1 is 0.690 bits per heavy atom. The van der Waals surface area contributed by atoms with Gasteiger partial charge in [0.2, 0.25) is 0 Å². The number of epoxide rings is 3. The molecule has 7 aliphatic rings. The van der Waals surface area contributed by atoms with Crippen LogP contribution in [0.5, 0.6) is 0 Å². The normalized spacial score (nSPS) is 42.6. The number of aliphatic hydroxyl groups excluding tert-OH is 2. The summed E-state index contributed by atoms with van der Waals surface area (Å²) in [7, 11) is 0. The average Bonchev–Trinajstić information content (AvgIpc) is 3.76. The largest absolute Gasteiger partial charge is 0.456 e. The topological polar surface area (TPSA) is 131 Å². The van der Waals surface area contributed by atoms with Crippen LogP contribution in [0.25, 0.3) is 0 Å². The number of thioether (sulfide) groups is 1. The number of carbonyl (C=O) groups is 2. The van der Waals surface area contributed by atoms with Crippen molar-refractivity contribution in [3.8, 4) is 0 Å². The molecule has 236 valence electrons. The van der Waals surface area contributed by atoms with Gasteiger partial charge in [-0.25, -0.2) is 9.59 Å². The van der Waals surface area contributed by atoms with E-state index in [4.69, 9.17) is 23.7 Å². The third kappa shape index (κ3) is 9.29. The molecule has 0 bridgehead atoms. The molecule has 7 fully saturated rings. The molecule has 3 saturated carbocycles. The van der Waals surface area contributed by atoms with Gasteiger partial charge in [-0.2, -0.15) is 11.8 Å². The summed E-state index contributed by atoms with van der Waals surface area (Å²) in [6.45, 7) is 12.1. The van der Waals surface area contributed by atoms with Crippen LogP contribution in [-0.2, 0) is 33.3 Å². The van der Waals surface area contributed by atoms with Crippen LogP contribution in [-0.4, -0.2) is 95.2 Å². The van der Waals surface area contributed by atoms with E-state index in [2.05, 4.69) is 13.2 Å². The minimum Gasteiger partial charge on any atom is -0.456 e. The molecule has 4 aliphatic heterocycles. The maximum Gasteiger partial charge on any atom is 0.333 e. The summed E-state index contributed by atoms with van der Waals surface area (Å²) in [6.07, 6.45) is 9.29. The molecule has 12 atom stereocenters. The van der Waals surface area contributed by atoms with Gasteiger partial charge in [-0.3, -0.25) is 0 Å². The van der Waals surface area contributed by atoms with E-state index in [9.17, 15) is 19.8 Å². The van der Waals surface area contributed by atoms with Crippen molar-refractivity contribution in [3.63, 3.8) is 0 Å². The number of hydrogen-bond donors (Lipinski definition) is 2. The first kappa shape index (κ1) is 32.0. The van der Waals surface area contributed by atoms with Gasteiger partial charge in [0.1, 0.15) is 12.2 Å². The molecule has 9 nitrogen and oxygen atoms in total. The number of fused-ring (bicyclic) bond motifs is 1. The van der Waals surface area contributed by atoms with Gasteiger partial charge in [-0.05, 0) is 89.4 Å². The van der Waals surface area contributed by atoms with Gasteiger partial charge >= 0.3 is 11.9 Å². The predicted octanol–water partition coefficient (Wildman–Crippen LogP) is 3.74. The number of aliphatic hydroxyl groups is 2. The van der Waals surface area contributed by atoms with Crippen LogP contribution in [0.4, 0.5) is 0 Å². The average molecular weight is 609 g/mol. The van der Waals surface area contributed by atoms with Gasteiger partial charge in [-0.15, -0.1) is 0 Å². The fraction of sp³-hybridized carbons (Fsp3) is 0.812. The zero-order valence-electron chi connectivity index (χ0n) is 25.0. The Labute approximate surface area is 253 Å². The molecule has 4 heterocycles. The predicted molar refractivity (Wildman–Crippen MR) is 158 cm³/mol. The van der Waals surface area contributed by atoms with Crippen LogP contribution in [0.2, 0.25) is 0 Å². The summed E-state index contributed by atoms with van der Waals surface area (Å²) >= 11 is 1.96. The molecule has 7 rings (SSSR count). The second kappa shape index (κ2) is 14.1. The first-order valence-corrected chi connectivity index (χ1v) is 16.7. The Morgan fingerprint density at radius 2 is 1.14 bits per heavy atom. The highest BCUT2D eigenvalue weighted by atomic mass is 32.2. The van der Waals surface area contributed by atoms with Crippen LogP contribution >= 0.6 is 11.8 Å². The molecule has 0 amide bonds. The molecule has 3 aliphatic carbocycles. The summed E-state index contributed by atoms with van der Waals surface area (Å²) in [5, 5.41) is 20.6. The Hall–Kier alpha value is -1.43. The van der Waals surface area contributed by atoms with Gasteiger partial charge in [0.05, 0.1) is 49.8 Å². The van der Waals surface area contributed by atoms with Gasteiger partial charge in [-0.1, -0.05) is 13.2 Å². The zero-order chi connectivity index (χ0) is 30.0. The summed E-state index contributed by atoms with van der Waals surface area (Å²) < 4.78 is 26.3. The van der Waals surface area contributed by atoms with Crippen LogP contribution in [0.15, 0.2) is 24.3 Å². The Bertz CT molecular complexity index is 930. The highest BCUT2D eigenvalue weighted by Gasteiger charge is 2.48. The quantitative estimate of drug-likeness (QED) is 0.250. The van der Waals surface area contributed by atoms with Gasteiger partial charge in [0.15, 0.2) is 0 Å². The van der Waals surface area contributed by atoms with E-state index in [1.54, 1.807) is 13.8 Å². The van der Waals surface area contributed by atoms with E-state index < -0.39 is 18.2 Å². The Balaban J connectivity index is 0.000000129. The van der Waals surface area contributed by atoms with Gasteiger partial charge in [0.25, 0.3) is 0 Å². The lowest BCUT2D eigenvalue weighted by atomic mass is 9.83.